The third-order valence-electron chi connectivity index (χ3n) is 5.31. The maximum atomic E-state index is 10.9. The second-order valence-corrected chi connectivity index (χ2v) is 6.85. The molecule has 0 unspecified atom stereocenters. The minimum absolute atomic E-state index is 0.198. The lowest BCUT2D eigenvalue weighted by Gasteiger charge is -2.38. The number of likely N-dealkylation sites (tertiary alicyclic amines) is 1. The van der Waals surface area contributed by atoms with Gasteiger partial charge in [-0.2, -0.15) is 0 Å². The molecule has 0 spiro atoms. The number of aliphatic carboxylic acids is 1. The monoisotopic (exact) mass is 296 g/mol. The predicted octanol–water partition coefficient (Wildman–Crippen LogP) is 2.83. The highest BCUT2D eigenvalue weighted by Gasteiger charge is 2.26. The van der Waals surface area contributed by atoms with Crippen LogP contribution >= 0.6 is 0 Å². The zero-order chi connectivity index (χ0) is 15.1. The predicted molar refractivity (Wildman–Crippen MR) is 85.5 cm³/mol. The van der Waals surface area contributed by atoms with Crippen LogP contribution in [0, 0.1) is 5.92 Å². The molecule has 0 radical (unpaired) electrons. The first kappa shape index (κ1) is 16.8. The van der Waals surface area contributed by atoms with Crippen LogP contribution < -0.4 is 0 Å². The summed E-state index contributed by atoms with van der Waals surface area (Å²) < 4.78 is 0. The molecule has 122 valence electrons. The summed E-state index contributed by atoms with van der Waals surface area (Å²) in [5.41, 5.74) is 0. The van der Waals surface area contributed by atoms with Gasteiger partial charge in [0, 0.05) is 12.6 Å². The summed E-state index contributed by atoms with van der Waals surface area (Å²) in [5.74, 6) is 0.211. The Kier molecular flexibility index (Phi) is 6.97. The number of carboxylic acid groups (broad SMARTS) is 1. The summed E-state index contributed by atoms with van der Waals surface area (Å²) in [6, 6.07) is 0.469. The van der Waals surface area contributed by atoms with E-state index in [1.54, 1.807) is 0 Å². The summed E-state index contributed by atoms with van der Waals surface area (Å²) in [5, 5.41) is 8.99. The number of hydrogen-bond donors (Lipinski definition) is 1. The molecule has 2 aliphatic rings. The molecule has 1 N–H and O–H groups in total. The topological polar surface area (TPSA) is 43.8 Å². The summed E-state index contributed by atoms with van der Waals surface area (Å²) in [6.07, 6.45) is 10.8. The van der Waals surface area contributed by atoms with Crippen LogP contribution in [-0.2, 0) is 4.79 Å². The van der Waals surface area contributed by atoms with E-state index in [2.05, 4.69) is 16.7 Å². The van der Waals surface area contributed by atoms with Gasteiger partial charge in [0.05, 0.1) is 6.54 Å². The van der Waals surface area contributed by atoms with E-state index in [1.807, 2.05) is 0 Å². The van der Waals surface area contributed by atoms with Crippen LogP contribution in [-0.4, -0.2) is 59.6 Å². The highest BCUT2D eigenvalue weighted by Crippen LogP contribution is 2.25. The van der Waals surface area contributed by atoms with Gasteiger partial charge in [0.2, 0.25) is 0 Å². The van der Waals surface area contributed by atoms with Crippen LogP contribution in [0.25, 0.3) is 0 Å². The Labute approximate surface area is 129 Å². The third kappa shape index (κ3) is 5.59. The van der Waals surface area contributed by atoms with E-state index in [1.165, 1.54) is 45.1 Å². The van der Waals surface area contributed by atoms with Crippen molar-refractivity contribution in [3.05, 3.63) is 0 Å². The number of nitrogens with zero attached hydrogens (tertiary/aromatic N) is 2. The van der Waals surface area contributed by atoms with Gasteiger partial charge in [-0.1, -0.05) is 32.6 Å². The van der Waals surface area contributed by atoms with Crippen molar-refractivity contribution >= 4 is 5.97 Å². The first-order valence-electron chi connectivity index (χ1n) is 8.87. The van der Waals surface area contributed by atoms with Gasteiger partial charge in [-0.05, 0) is 51.2 Å². The lowest BCUT2D eigenvalue weighted by Crippen LogP contribution is -2.47. The Balaban J connectivity index is 1.73. The summed E-state index contributed by atoms with van der Waals surface area (Å²) >= 11 is 0. The molecule has 1 aliphatic carbocycles. The number of likely N-dealkylation sites (N-methyl/N-ethyl adjacent to an activating group) is 1. The minimum Gasteiger partial charge on any atom is -0.480 e. The Morgan fingerprint density at radius 1 is 1.10 bits per heavy atom. The maximum Gasteiger partial charge on any atom is 0.317 e. The molecule has 2 rings (SSSR count). The van der Waals surface area contributed by atoms with Crippen molar-refractivity contribution in [2.75, 3.05) is 32.7 Å². The zero-order valence-electron chi connectivity index (χ0n) is 13.6. The van der Waals surface area contributed by atoms with Gasteiger partial charge in [0.25, 0.3) is 0 Å². The molecule has 0 aromatic rings. The molecule has 0 atom stereocenters. The second-order valence-electron chi connectivity index (χ2n) is 6.85. The van der Waals surface area contributed by atoms with E-state index < -0.39 is 5.97 Å². The largest absolute Gasteiger partial charge is 0.480 e. The van der Waals surface area contributed by atoms with E-state index in [9.17, 15) is 4.79 Å². The van der Waals surface area contributed by atoms with Gasteiger partial charge < -0.3 is 10.0 Å². The van der Waals surface area contributed by atoms with Crippen LogP contribution in [0.2, 0.25) is 0 Å². The van der Waals surface area contributed by atoms with Crippen molar-refractivity contribution in [2.45, 2.75) is 64.3 Å². The molecule has 2 fully saturated rings. The number of hydrogen-bond acceptors (Lipinski definition) is 3. The average molecular weight is 296 g/mol. The Morgan fingerprint density at radius 3 is 2.24 bits per heavy atom. The first-order chi connectivity index (χ1) is 10.2. The van der Waals surface area contributed by atoms with Crippen LogP contribution in [0.1, 0.15) is 58.3 Å². The quantitative estimate of drug-likeness (QED) is 0.766. The summed E-state index contributed by atoms with van der Waals surface area (Å²) in [6.45, 7) is 6.69. The highest BCUT2D eigenvalue weighted by atomic mass is 16.4. The lowest BCUT2D eigenvalue weighted by molar-refractivity contribution is -0.139. The molecule has 4 heteroatoms. The molecular weight excluding hydrogens is 264 g/mol. The molecular formula is C17H32N2O2. The van der Waals surface area contributed by atoms with Crippen molar-refractivity contribution in [3.63, 3.8) is 0 Å². The third-order valence-corrected chi connectivity index (χ3v) is 5.31. The molecule has 0 aromatic carbocycles. The van der Waals surface area contributed by atoms with Gasteiger partial charge >= 0.3 is 5.97 Å². The van der Waals surface area contributed by atoms with Gasteiger partial charge in [-0.3, -0.25) is 9.69 Å². The van der Waals surface area contributed by atoms with Crippen LogP contribution in [0.4, 0.5) is 0 Å². The molecule has 1 aliphatic heterocycles. The van der Waals surface area contributed by atoms with Crippen molar-refractivity contribution in [3.8, 4) is 0 Å². The van der Waals surface area contributed by atoms with Crippen molar-refractivity contribution in [2.24, 2.45) is 5.92 Å². The molecule has 0 aromatic heterocycles. The van der Waals surface area contributed by atoms with Crippen LogP contribution in [0.5, 0.6) is 0 Å². The Morgan fingerprint density at radius 2 is 1.71 bits per heavy atom. The summed E-state index contributed by atoms with van der Waals surface area (Å²) in [7, 11) is 0. The zero-order valence-corrected chi connectivity index (χ0v) is 13.6. The molecule has 0 bridgehead atoms. The molecule has 4 nitrogen and oxygen atoms in total. The Bertz CT molecular complexity index is 306. The van der Waals surface area contributed by atoms with Crippen molar-refractivity contribution in [1.82, 2.24) is 9.80 Å². The van der Waals surface area contributed by atoms with Gasteiger partial charge in [0.15, 0.2) is 0 Å². The standard InChI is InChI=1S/C17H32N2O2/c1-2-19(14-17(20)21)16-9-11-18(12-10-16)13-15-7-5-3-4-6-8-15/h15-16H,2-14H2,1H3,(H,20,21). The van der Waals surface area contributed by atoms with E-state index in [-0.39, 0.29) is 6.54 Å². The van der Waals surface area contributed by atoms with E-state index in [4.69, 9.17) is 5.11 Å². The fraction of sp³-hybridized carbons (Fsp3) is 0.941. The fourth-order valence-electron chi connectivity index (χ4n) is 4.05. The first-order valence-corrected chi connectivity index (χ1v) is 8.87. The van der Waals surface area contributed by atoms with E-state index in [0.29, 0.717) is 6.04 Å². The lowest BCUT2D eigenvalue weighted by atomic mass is 9.97. The van der Waals surface area contributed by atoms with Gasteiger partial charge in [-0.25, -0.2) is 0 Å². The minimum atomic E-state index is -0.697. The van der Waals surface area contributed by atoms with Crippen molar-refractivity contribution < 1.29 is 9.90 Å². The Hall–Kier alpha value is -0.610. The van der Waals surface area contributed by atoms with E-state index >= 15 is 0 Å². The molecule has 21 heavy (non-hydrogen) atoms. The molecule has 1 saturated heterocycles. The van der Waals surface area contributed by atoms with E-state index in [0.717, 1.165) is 38.4 Å². The molecule has 1 saturated carbocycles. The van der Waals surface area contributed by atoms with Crippen LogP contribution in [0.15, 0.2) is 0 Å². The average Bonchev–Trinajstić information content (AvgIpc) is 2.74. The maximum absolute atomic E-state index is 10.9. The highest BCUT2D eigenvalue weighted by molar-refractivity contribution is 5.69. The van der Waals surface area contributed by atoms with Crippen molar-refractivity contribution in [1.29, 1.82) is 0 Å². The number of carboxylic acids is 1. The number of carbonyl (C=O) groups is 1. The summed E-state index contributed by atoms with van der Waals surface area (Å²) in [4.78, 5) is 15.7. The smallest absolute Gasteiger partial charge is 0.317 e. The number of rotatable bonds is 6. The van der Waals surface area contributed by atoms with Gasteiger partial charge in [0.1, 0.15) is 0 Å². The fourth-order valence-corrected chi connectivity index (χ4v) is 4.05. The van der Waals surface area contributed by atoms with Gasteiger partial charge in [-0.15, -0.1) is 0 Å². The normalized spacial score (nSPS) is 23.3. The van der Waals surface area contributed by atoms with Crippen LogP contribution in [0.3, 0.4) is 0 Å². The molecule has 0 amide bonds. The SMILES string of the molecule is CCN(CC(=O)O)C1CCN(CC2CCCCCC2)CC1. The molecule has 1 heterocycles. The number of piperidine rings is 1. The second kappa shape index (κ2) is 8.74.